The predicted molar refractivity (Wildman–Crippen MR) is 105 cm³/mol. The monoisotopic (exact) mass is 343 g/mol. The maximum Gasteiger partial charge on any atom is 0.162 e. The van der Waals surface area contributed by atoms with Crippen LogP contribution in [0.4, 0.5) is 0 Å². The fourth-order valence-corrected chi connectivity index (χ4v) is 3.20. The maximum absolute atomic E-state index is 9.50. The van der Waals surface area contributed by atoms with Gasteiger partial charge in [0, 0.05) is 6.42 Å². The summed E-state index contributed by atoms with van der Waals surface area (Å²) in [6.45, 7) is 2.67. The van der Waals surface area contributed by atoms with Gasteiger partial charge in [-0.15, -0.1) is 0 Å². The Labute approximate surface area is 151 Å². The topological polar surface area (TPSA) is 66.5 Å². The molecule has 146 valence electrons. The molecule has 0 saturated heterocycles. The first-order valence-corrected chi connectivity index (χ1v) is 10.8. The molecule has 0 aromatic rings. The van der Waals surface area contributed by atoms with Gasteiger partial charge in [0.05, 0.1) is 0 Å². The minimum atomic E-state index is -1.43. The highest BCUT2D eigenvalue weighted by molar-refractivity contribution is 4.61. The lowest BCUT2D eigenvalue weighted by atomic mass is 10.0. The Morgan fingerprint density at radius 3 is 1.12 bits per heavy atom. The van der Waals surface area contributed by atoms with E-state index in [1.807, 2.05) is 6.92 Å². The maximum atomic E-state index is 9.50. The summed E-state index contributed by atoms with van der Waals surface area (Å²) >= 11 is 0. The van der Waals surface area contributed by atoms with Crippen molar-refractivity contribution in [3.63, 3.8) is 0 Å². The van der Waals surface area contributed by atoms with Crippen molar-refractivity contribution in [2.75, 3.05) is 6.54 Å². The molecule has 0 atom stereocenters. The fraction of sp³-hybridized carbons (Fsp3) is 1.00. The summed E-state index contributed by atoms with van der Waals surface area (Å²) in [5.74, 6) is -1.43. The molecule has 0 aromatic heterocycles. The molecule has 0 heterocycles. The second-order valence-electron chi connectivity index (χ2n) is 7.53. The van der Waals surface area contributed by atoms with Crippen LogP contribution in [0.3, 0.4) is 0 Å². The third kappa shape index (κ3) is 18.2. The number of unbranched alkanes of at least 4 members (excludes halogenated alkanes) is 15. The SMILES string of the molecule is CCC(O)(O)CCCCCCCCCCCCCCCCCCN. The Morgan fingerprint density at radius 1 is 0.542 bits per heavy atom. The Morgan fingerprint density at radius 2 is 0.833 bits per heavy atom. The third-order valence-corrected chi connectivity index (χ3v) is 5.10. The summed E-state index contributed by atoms with van der Waals surface area (Å²) in [6, 6.07) is 0. The molecule has 0 aliphatic rings. The lowest BCUT2D eigenvalue weighted by Crippen LogP contribution is -2.26. The van der Waals surface area contributed by atoms with Crippen LogP contribution in [0.5, 0.6) is 0 Å². The fourth-order valence-electron chi connectivity index (χ4n) is 3.20. The van der Waals surface area contributed by atoms with E-state index in [0.29, 0.717) is 12.8 Å². The van der Waals surface area contributed by atoms with E-state index in [2.05, 4.69) is 0 Å². The van der Waals surface area contributed by atoms with Crippen molar-refractivity contribution in [3.05, 3.63) is 0 Å². The average Bonchev–Trinajstić information content (AvgIpc) is 2.57. The van der Waals surface area contributed by atoms with Crippen LogP contribution in [-0.2, 0) is 0 Å². The number of rotatable bonds is 19. The van der Waals surface area contributed by atoms with E-state index < -0.39 is 5.79 Å². The minimum absolute atomic E-state index is 0.432. The van der Waals surface area contributed by atoms with Crippen molar-refractivity contribution in [1.82, 2.24) is 0 Å². The van der Waals surface area contributed by atoms with Crippen LogP contribution in [0.15, 0.2) is 0 Å². The molecule has 0 radical (unpaired) electrons. The van der Waals surface area contributed by atoms with E-state index in [1.54, 1.807) is 0 Å². The van der Waals surface area contributed by atoms with Crippen LogP contribution in [0.2, 0.25) is 0 Å². The number of hydrogen-bond acceptors (Lipinski definition) is 3. The molecular weight excluding hydrogens is 298 g/mol. The second-order valence-corrected chi connectivity index (χ2v) is 7.53. The zero-order chi connectivity index (χ0) is 17.9. The van der Waals surface area contributed by atoms with E-state index in [1.165, 1.54) is 89.9 Å². The van der Waals surface area contributed by atoms with Crippen molar-refractivity contribution in [3.8, 4) is 0 Å². The van der Waals surface area contributed by atoms with Gasteiger partial charge in [0.25, 0.3) is 0 Å². The predicted octanol–water partition coefficient (Wildman–Crippen LogP) is 5.67. The molecule has 0 bridgehead atoms. The Balaban J connectivity index is 3.05. The lowest BCUT2D eigenvalue weighted by Gasteiger charge is -2.19. The Bertz CT molecular complexity index is 244. The molecule has 3 heteroatoms. The molecule has 0 spiro atoms. The van der Waals surface area contributed by atoms with Crippen LogP contribution >= 0.6 is 0 Å². The highest BCUT2D eigenvalue weighted by Gasteiger charge is 2.18. The molecule has 0 rings (SSSR count). The zero-order valence-electron chi connectivity index (χ0n) is 16.4. The minimum Gasteiger partial charge on any atom is -0.366 e. The average molecular weight is 344 g/mol. The molecule has 0 unspecified atom stereocenters. The van der Waals surface area contributed by atoms with Gasteiger partial charge >= 0.3 is 0 Å². The quantitative estimate of drug-likeness (QED) is 0.209. The van der Waals surface area contributed by atoms with E-state index in [4.69, 9.17) is 5.73 Å². The summed E-state index contributed by atoms with van der Waals surface area (Å²) in [4.78, 5) is 0. The van der Waals surface area contributed by atoms with Crippen molar-refractivity contribution in [2.45, 2.75) is 128 Å². The van der Waals surface area contributed by atoms with Gasteiger partial charge in [0.2, 0.25) is 0 Å². The van der Waals surface area contributed by atoms with Crippen molar-refractivity contribution in [1.29, 1.82) is 0 Å². The second kappa shape index (κ2) is 17.7. The van der Waals surface area contributed by atoms with E-state index >= 15 is 0 Å². The molecule has 4 N–H and O–H groups in total. The summed E-state index contributed by atoms with van der Waals surface area (Å²) in [6.07, 6.45) is 22.0. The molecule has 0 fully saturated rings. The standard InChI is InChI=1S/C21H45NO2/c1-2-21(23,24)19-17-15-13-11-9-7-5-3-4-6-8-10-12-14-16-18-20-22/h23-24H,2-20,22H2,1H3. The van der Waals surface area contributed by atoms with Gasteiger partial charge in [-0.25, -0.2) is 0 Å². The highest BCUT2D eigenvalue weighted by atomic mass is 16.5. The summed E-state index contributed by atoms with van der Waals surface area (Å²) in [7, 11) is 0. The molecular formula is C21H45NO2. The lowest BCUT2D eigenvalue weighted by molar-refractivity contribution is -0.167. The summed E-state index contributed by atoms with van der Waals surface area (Å²) in [5.41, 5.74) is 5.49. The Hall–Kier alpha value is -0.120. The van der Waals surface area contributed by atoms with Crippen molar-refractivity contribution in [2.24, 2.45) is 5.73 Å². The third-order valence-electron chi connectivity index (χ3n) is 5.10. The van der Waals surface area contributed by atoms with Gasteiger partial charge in [-0.1, -0.05) is 96.8 Å². The van der Waals surface area contributed by atoms with Gasteiger partial charge in [-0.2, -0.15) is 0 Å². The molecule has 0 saturated carbocycles. The van der Waals surface area contributed by atoms with Crippen LogP contribution in [0.25, 0.3) is 0 Å². The van der Waals surface area contributed by atoms with E-state index in [9.17, 15) is 10.2 Å². The highest BCUT2D eigenvalue weighted by Crippen LogP contribution is 2.17. The number of aliphatic hydroxyl groups is 2. The Kier molecular flexibility index (Phi) is 17.6. The van der Waals surface area contributed by atoms with Gasteiger partial charge in [0.15, 0.2) is 5.79 Å². The molecule has 24 heavy (non-hydrogen) atoms. The first kappa shape index (κ1) is 23.9. The van der Waals surface area contributed by atoms with Crippen LogP contribution < -0.4 is 5.73 Å². The first-order chi connectivity index (χ1) is 11.6. The molecule has 0 aromatic carbocycles. The van der Waals surface area contributed by atoms with Crippen molar-refractivity contribution >= 4 is 0 Å². The molecule has 0 aliphatic carbocycles. The number of nitrogens with two attached hydrogens (primary N) is 1. The van der Waals surface area contributed by atoms with Crippen LogP contribution in [0.1, 0.15) is 122 Å². The summed E-state index contributed by atoms with van der Waals surface area (Å²) in [5, 5.41) is 19.0. The van der Waals surface area contributed by atoms with Crippen LogP contribution in [-0.4, -0.2) is 22.5 Å². The van der Waals surface area contributed by atoms with Gasteiger partial charge in [-0.05, 0) is 25.8 Å². The van der Waals surface area contributed by atoms with Gasteiger partial charge in [-0.3, -0.25) is 0 Å². The van der Waals surface area contributed by atoms with Crippen LogP contribution in [0, 0.1) is 0 Å². The van der Waals surface area contributed by atoms with Gasteiger partial charge in [0.1, 0.15) is 0 Å². The van der Waals surface area contributed by atoms with E-state index in [0.717, 1.165) is 19.4 Å². The normalized spacial score (nSPS) is 12.0. The molecule has 0 amide bonds. The first-order valence-electron chi connectivity index (χ1n) is 10.8. The van der Waals surface area contributed by atoms with Crippen molar-refractivity contribution < 1.29 is 10.2 Å². The number of hydrogen-bond donors (Lipinski definition) is 3. The molecule has 3 nitrogen and oxygen atoms in total. The smallest absolute Gasteiger partial charge is 0.162 e. The molecule has 0 aliphatic heterocycles. The van der Waals surface area contributed by atoms with Gasteiger partial charge < -0.3 is 15.9 Å². The summed E-state index contributed by atoms with van der Waals surface area (Å²) < 4.78 is 0. The zero-order valence-corrected chi connectivity index (χ0v) is 16.4. The van der Waals surface area contributed by atoms with E-state index in [-0.39, 0.29) is 0 Å². The largest absolute Gasteiger partial charge is 0.366 e.